The molecule has 2 atom stereocenters. The van der Waals surface area contributed by atoms with Gasteiger partial charge in [-0.3, -0.25) is 0 Å². The molecule has 2 unspecified atom stereocenters. The third-order valence-corrected chi connectivity index (χ3v) is 2.41. The third kappa shape index (κ3) is 6.60. The molecule has 2 aliphatic rings. The number of epoxide rings is 2. The first kappa shape index (κ1) is 16.6. The summed E-state index contributed by atoms with van der Waals surface area (Å²) in [6.07, 6.45) is 0.785. The number of aromatic hydroxyl groups is 3. The van der Waals surface area contributed by atoms with Crippen LogP contribution < -0.4 is 0 Å². The van der Waals surface area contributed by atoms with Gasteiger partial charge in [0, 0.05) is 0 Å². The molecule has 0 radical (unpaired) electrons. The summed E-state index contributed by atoms with van der Waals surface area (Å²) >= 11 is 0. The molecular formula is C14H22O6. The first-order chi connectivity index (χ1) is 9.66. The van der Waals surface area contributed by atoms with Crippen molar-refractivity contribution in [2.45, 2.75) is 26.1 Å². The molecule has 0 aliphatic carbocycles. The van der Waals surface area contributed by atoms with Crippen LogP contribution in [0.4, 0.5) is 0 Å². The van der Waals surface area contributed by atoms with E-state index in [0.29, 0.717) is 12.2 Å². The molecular weight excluding hydrogens is 264 g/mol. The average Bonchev–Trinajstić information content (AvgIpc) is 3.34. The second-order valence-electron chi connectivity index (χ2n) is 4.09. The fourth-order valence-corrected chi connectivity index (χ4v) is 1.18. The maximum absolute atomic E-state index is 8.71. The first-order valence-electron chi connectivity index (χ1n) is 6.67. The SMILES string of the molecule is C(OCC1CO1)C1CO1.CC.Oc1cccc(O)c1O. The van der Waals surface area contributed by atoms with Gasteiger partial charge in [-0.25, -0.2) is 0 Å². The molecule has 3 rings (SSSR count). The van der Waals surface area contributed by atoms with Crippen molar-refractivity contribution in [3.8, 4) is 17.2 Å². The highest BCUT2D eigenvalue weighted by Gasteiger charge is 2.26. The monoisotopic (exact) mass is 286 g/mol. The van der Waals surface area contributed by atoms with E-state index in [9.17, 15) is 0 Å². The van der Waals surface area contributed by atoms with Crippen molar-refractivity contribution in [2.24, 2.45) is 0 Å². The Hall–Kier alpha value is -1.50. The molecule has 0 saturated carbocycles. The van der Waals surface area contributed by atoms with Crippen LogP contribution in [0.15, 0.2) is 18.2 Å². The second kappa shape index (κ2) is 8.63. The summed E-state index contributed by atoms with van der Waals surface area (Å²) in [7, 11) is 0. The highest BCUT2D eigenvalue weighted by molar-refractivity contribution is 5.47. The number of phenolic OH excluding ortho intramolecular Hbond substituents is 3. The molecule has 2 saturated heterocycles. The van der Waals surface area contributed by atoms with E-state index in [4.69, 9.17) is 29.5 Å². The fourth-order valence-electron chi connectivity index (χ4n) is 1.18. The molecule has 0 spiro atoms. The standard InChI is InChI=1S/C6H10O3.C6H6O3.C2H6/c1(5-3-8-5)7-2-6-4-9-6;7-4-2-1-3-5(8)6(4)9;1-2/h5-6H,1-4H2;1-3,7-9H;1-2H3. The zero-order valence-corrected chi connectivity index (χ0v) is 11.8. The summed E-state index contributed by atoms with van der Waals surface area (Å²) in [5, 5.41) is 26.1. The van der Waals surface area contributed by atoms with Crippen LogP contribution in [0.25, 0.3) is 0 Å². The van der Waals surface area contributed by atoms with Gasteiger partial charge in [0.25, 0.3) is 0 Å². The Morgan fingerprint density at radius 2 is 1.40 bits per heavy atom. The third-order valence-electron chi connectivity index (χ3n) is 2.41. The lowest BCUT2D eigenvalue weighted by molar-refractivity contribution is 0.102. The molecule has 1 aromatic rings. The molecule has 2 aliphatic heterocycles. The Balaban J connectivity index is 0.000000178. The summed E-state index contributed by atoms with van der Waals surface area (Å²) in [5.41, 5.74) is 0. The normalized spacial score (nSPS) is 21.9. The van der Waals surface area contributed by atoms with Crippen molar-refractivity contribution in [1.82, 2.24) is 0 Å². The first-order valence-corrected chi connectivity index (χ1v) is 6.67. The number of benzene rings is 1. The van der Waals surface area contributed by atoms with E-state index in [1.165, 1.54) is 18.2 Å². The maximum atomic E-state index is 8.71. The molecule has 20 heavy (non-hydrogen) atoms. The predicted molar refractivity (Wildman–Crippen MR) is 73.1 cm³/mol. The van der Waals surface area contributed by atoms with Gasteiger partial charge < -0.3 is 29.5 Å². The summed E-state index contributed by atoms with van der Waals surface area (Å²) < 4.78 is 15.1. The molecule has 1 aromatic carbocycles. The molecule has 3 N–H and O–H groups in total. The molecule has 2 heterocycles. The lowest BCUT2D eigenvalue weighted by Crippen LogP contribution is -2.06. The Kier molecular flexibility index (Phi) is 7.14. The Labute approximate surface area is 118 Å². The number of para-hydroxylation sites is 1. The van der Waals surface area contributed by atoms with E-state index >= 15 is 0 Å². The molecule has 6 nitrogen and oxygen atoms in total. The van der Waals surface area contributed by atoms with E-state index in [1.807, 2.05) is 13.8 Å². The predicted octanol–water partition coefficient (Wildman–Crippen LogP) is 1.63. The largest absolute Gasteiger partial charge is 0.504 e. The Morgan fingerprint density at radius 1 is 1.00 bits per heavy atom. The van der Waals surface area contributed by atoms with Gasteiger partial charge >= 0.3 is 0 Å². The van der Waals surface area contributed by atoms with Crippen LogP contribution >= 0.6 is 0 Å². The number of rotatable bonds is 4. The quantitative estimate of drug-likeness (QED) is 0.575. The minimum Gasteiger partial charge on any atom is -0.504 e. The van der Waals surface area contributed by atoms with Crippen molar-refractivity contribution < 1.29 is 29.5 Å². The van der Waals surface area contributed by atoms with Crippen LogP contribution in [0, 0.1) is 0 Å². The maximum Gasteiger partial charge on any atom is 0.200 e. The zero-order valence-electron chi connectivity index (χ0n) is 11.8. The molecule has 0 aromatic heterocycles. The van der Waals surface area contributed by atoms with E-state index in [-0.39, 0.29) is 11.5 Å². The molecule has 0 bridgehead atoms. The summed E-state index contributed by atoms with van der Waals surface area (Å²) in [6, 6.07) is 4.01. The molecule has 2 fully saturated rings. The minimum absolute atomic E-state index is 0.310. The average molecular weight is 286 g/mol. The van der Waals surface area contributed by atoms with Gasteiger partial charge in [0.05, 0.1) is 26.4 Å². The Morgan fingerprint density at radius 3 is 1.70 bits per heavy atom. The minimum atomic E-state index is -0.475. The summed E-state index contributed by atoms with van der Waals surface area (Å²) in [6.45, 7) is 7.26. The molecule has 0 amide bonds. The lowest BCUT2D eigenvalue weighted by Gasteiger charge is -1.96. The van der Waals surface area contributed by atoms with Gasteiger partial charge in [-0.15, -0.1) is 0 Å². The van der Waals surface area contributed by atoms with Gasteiger partial charge in [-0.05, 0) is 12.1 Å². The fraction of sp³-hybridized carbons (Fsp3) is 0.571. The van der Waals surface area contributed by atoms with Gasteiger partial charge in [0.2, 0.25) is 0 Å². The van der Waals surface area contributed by atoms with Crippen LogP contribution in [-0.2, 0) is 14.2 Å². The highest BCUT2D eigenvalue weighted by Crippen LogP contribution is 2.32. The highest BCUT2D eigenvalue weighted by atomic mass is 16.6. The van der Waals surface area contributed by atoms with Crippen LogP contribution in [-0.4, -0.2) is 54.0 Å². The number of hydrogen-bond donors (Lipinski definition) is 3. The summed E-state index contributed by atoms with van der Waals surface area (Å²) in [4.78, 5) is 0. The van der Waals surface area contributed by atoms with Gasteiger partial charge in [0.1, 0.15) is 12.2 Å². The van der Waals surface area contributed by atoms with Crippen LogP contribution in [0.1, 0.15) is 13.8 Å². The van der Waals surface area contributed by atoms with Crippen molar-refractivity contribution in [3.63, 3.8) is 0 Å². The second-order valence-corrected chi connectivity index (χ2v) is 4.09. The lowest BCUT2D eigenvalue weighted by atomic mass is 10.3. The number of ether oxygens (including phenoxy) is 3. The topological polar surface area (TPSA) is 95.0 Å². The zero-order chi connectivity index (χ0) is 15.0. The van der Waals surface area contributed by atoms with Crippen molar-refractivity contribution in [1.29, 1.82) is 0 Å². The van der Waals surface area contributed by atoms with Gasteiger partial charge in [0.15, 0.2) is 17.2 Å². The van der Waals surface area contributed by atoms with Crippen LogP contribution in [0.2, 0.25) is 0 Å². The summed E-state index contributed by atoms with van der Waals surface area (Å²) in [5.74, 6) is -1.09. The molecule has 6 heteroatoms. The van der Waals surface area contributed by atoms with Gasteiger partial charge in [-0.2, -0.15) is 0 Å². The van der Waals surface area contributed by atoms with E-state index in [2.05, 4.69) is 0 Å². The van der Waals surface area contributed by atoms with Gasteiger partial charge in [-0.1, -0.05) is 19.9 Å². The van der Waals surface area contributed by atoms with E-state index < -0.39 is 5.75 Å². The number of hydrogen-bond acceptors (Lipinski definition) is 6. The van der Waals surface area contributed by atoms with E-state index in [1.54, 1.807) is 0 Å². The van der Waals surface area contributed by atoms with Crippen LogP contribution in [0.3, 0.4) is 0 Å². The smallest absolute Gasteiger partial charge is 0.200 e. The molecule has 114 valence electrons. The number of phenols is 3. The van der Waals surface area contributed by atoms with Crippen molar-refractivity contribution >= 4 is 0 Å². The van der Waals surface area contributed by atoms with Crippen molar-refractivity contribution in [3.05, 3.63) is 18.2 Å². The van der Waals surface area contributed by atoms with Crippen LogP contribution in [0.5, 0.6) is 17.2 Å². The van der Waals surface area contributed by atoms with E-state index in [0.717, 1.165) is 26.4 Å². The van der Waals surface area contributed by atoms with Crippen molar-refractivity contribution in [2.75, 3.05) is 26.4 Å². The Bertz CT molecular complexity index is 355.